The van der Waals surface area contributed by atoms with E-state index in [1.54, 1.807) is 19.5 Å². The average Bonchev–Trinajstić information content (AvgIpc) is 2.83. The quantitative estimate of drug-likeness (QED) is 0.681. The lowest BCUT2D eigenvalue weighted by molar-refractivity contribution is -0.125. The van der Waals surface area contributed by atoms with Crippen molar-refractivity contribution < 1.29 is 9.53 Å². The van der Waals surface area contributed by atoms with Crippen molar-refractivity contribution in [2.75, 3.05) is 25.1 Å². The molecule has 2 aromatic heterocycles. The minimum absolute atomic E-state index is 0.0570. The number of ether oxygens (including phenoxy) is 1. The minimum Gasteiger partial charge on any atom is -0.497 e. The molecule has 4 rings (SSSR count). The lowest BCUT2D eigenvalue weighted by atomic mass is 9.97. The Kier molecular flexibility index (Phi) is 6.17. The molecule has 1 aromatic carbocycles. The Labute approximate surface area is 176 Å². The number of pyridine rings is 1. The van der Waals surface area contributed by atoms with Gasteiger partial charge in [-0.2, -0.15) is 0 Å². The first-order valence-corrected chi connectivity index (χ1v) is 10.1. The summed E-state index contributed by atoms with van der Waals surface area (Å²) in [5, 5.41) is 11.8. The van der Waals surface area contributed by atoms with Gasteiger partial charge in [0.15, 0.2) is 5.82 Å². The topological polar surface area (TPSA) is 80.2 Å². The highest BCUT2D eigenvalue weighted by Crippen LogP contribution is 2.24. The van der Waals surface area contributed by atoms with Gasteiger partial charge in [-0.05, 0) is 60.9 Å². The lowest BCUT2D eigenvalue weighted by Gasteiger charge is -2.32. The van der Waals surface area contributed by atoms with E-state index in [-0.39, 0.29) is 11.8 Å². The van der Waals surface area contributed by atoms with Crippen LogP contribution in [0.15, 0.2) is 60.9 Å². The number of rotatable bonds is 6. The van der Waals surface area contributed by atoms with Gasteiger partial charge in [0.1, 0.15) is 5.75 Å². The first kappa shape index (κ1) is 19.8. The van der Waals surface area contributed by atoms with Crippen molar-refractivity contribution in [1.82, 2.24) is 20.5 Å². The van der Waals surface area contributed by atoms with Crippen molar-refractivity contribution in [2.24, 2.45) is 5.92 Å². The maximum Gasteiger partial charge on any atom is 0.225 e. The Bertz CT molecular complexity index is 961. The number of amides is 1. The number of hydrogen-bond acceptors (Lipinski definition) is 6. The molecule has 1 N–H and O–H groups in total. The molecule has 3 aromatic rings. The molecule has 1 aliphatic rings. The van der Waals surface area contributed by atoms with Gasteiger partial charge in [-0.3, -0.25) is 9.78 Å². The largest absolute Gasteiger partial charge is 0.497 e. The second-order valence-corrected chi connectivity index (χ2v) is 7.37. The van der Waals surface area contributed by atoms with Crippen LogP contribution in [0.5, 0.6) is 5.75 Å². The smallest absolute Gasteiger partial charge is 0.225 e. The van der Waals surface area contributed by atoms with Gasteiger partial charge in [-0.1, -0.05) is 6.07 Å². The van der Waals surface area contributed by atoms with E-state index >= 15 is 0 Å². The molecule has 0 saturated carbocycles. The molecule has 1 saturated heterocycles. The third-order valence-electron chi connectivity index (χ3n) is 5.34. The normalized spacial score (nSPS) is 16.2. The van der Waals surface area contributed by atoms with Crippen molar-refractivity contribution in [1.29, 1.82) is 0 Å². The molecule has 1 aliphatic heterocycles. The Morgan fingerprint density at radius 3 is 2.73 bits per heavy atom. The highest BCUT2D eigenvalue weighted by Gasteiger charge is 2.26. The van der Waals surface area contributed by atoms with Gasteiger partial charge < -0.3 is 15.0 Å². The van der Waals surface area contributed by atoms with Gasteiger partial charge in [-0.25, -0.2) is 0 Å². The van der Waals surface area contributed by atoms with Crippen LogP contribution in [0.3, 0.4) is 0 Å². The van der Waals surface area contributed by atoms with E-state index in [0.29, 0.717) is 13.1 Å². The summed E-state index contributed by atoms with van der Waals surface area (Å²) in [7, 11) is 1.65. The standard InChI is InChI=1S/C23H25N5O2/c1-30-20-8-6-18(7-9-20)21-10-11-22(27-26-21)28-13-3-5-19(16-28)23(29)25-15-17-4-2-12-24-14-17/h2,4,6-12,14,19H,3,5,13,15-16H2,1H3,(H,25,29). The van der Waals surface area contributed by atoms with Crippen LogP contribution in [0.4, 0.5) is 5.82 Å². The predicted molar refractivity (Wildman–Crippen MR) is 115 cm³/mol. The Morgan fingerprint density at radius 1 is 1.17 bits per heavy atom. The zero-order valence-corrected chi connectivity index (χ0v) is 17.0. The molecule has 30 heavy (non-hydrogen) atoms. The number of benzene rings is 1. The van der Waals surface area contributed by atoms with Crippen molar-refractivity contribution in [3.8, 4) is 17.0 Å². The molecular weight excluding hydrogens is 378 g/mol. The van der Waals surface area contributed by atoms with Crippen LogP contribution in [-0.2, 0) is 11.3 Å². The zero-order valence-electron chi connectivity index (χ0n) is 17.0. The molecule has 0 spiro atoms. The number of piperidine rings is 1. The summed E-state index contributed by atoms with van der Waals surface area (Å²) in [6.45, 7) is 2.03. The van der Waals surface area contributed by atoms with E-state index in [9.17, 15) is 4.79 Å². The van der Waals surface area contributed by atoms with E-state index in [1.807, 2.05) is 48.5 Å². The Balaban J connectivity index is 1.37. The van der Waals surface area contributed by atoms with Crippen LogP contribution in [0, 0.1) is 5.92 Å². The van der Waals surface area contributed by atoms with Gasteiger partial charge >= 0.3 is 0 Å². The molecule has 154 valence electrons. The van der Waals surface area contributed by atoms with Crippen LogP contribution < -0.4 is 15.0 Å². The maximum atomic E-state index is 12.6. The molecule has 0 aliphatic carbocycles. The molecular formula is C23H25N5O2. The molecule has 0 bridgehead atoms. The number of methoxy groups -OCH3 is 1. The molecule has 7 nitrogen and oxygen atoms in total. The SMILES string of the molecule is COc1ccc(-c2ccc(N3CCCC(C(=O)NCc4cccnc4)C3)nn2)cc1. The van der Waals surface area contributed by atoms with Crippen LogP contribution >= 0.6 is 0 Å². The van der Waals surface area contributed by atoms with Gasteiger partial charge in [0, 0.05) is 37.6 Å². The third-order valence-corrected chi connectivity index (χ3v) is 5.34. The summed E-state index contributed by atoms with van der Waals surface area (Å²) < 4.78 is 5.20. The monoisotopic (exact) mass is 403 g/mol. The molecule has 0 radical (unpaired) electrons. The average molecular weight is 403 g/mol. The van der Waals surface area contributed by atoms with Gasteiger partial charge in [0.2, 0.25) is 5.91 Å². The number of nitrogens with zero attached hydrogens (tertiary/aromatic N) is 4. The summed E-state index contributed by atoms with van der Waals surface area (Å²) in [5.74, 6) is 1.63. The molecule has 1 fully saturated rings. The predicted octanol–water partition coefficient (Wildman–Crippen LogP) is 3.08. The first-order valence-electron chi connectivity index (χ1n) is 10.1. The fourth-order valence-electron chi connectivity index (χ4n) is 3.65. The number of carbonyl (C=O) groups is 1. The Morgan fingerprint density at radius 2 is 2.03 bits per heavy atom. The summed E-state index contributed by atoms with van der Waals surface area (Å²) in [4.78, 5) is 18.9. The second kappa shape index (κ2) is 9.35. The minimum atomic E-state index is -0.0570. The lowest BCUT2D eigenvalue weighted by Crippen LogP contribution is -2.43. The number of aromatic nitrogens is 3. The van der Waals surface area contributed by atoms with E-state index in [2.05, 4.69) is 25.4 Å². The third kappa shape index (κ3) is 4.74. The van der Waals surface area contributed by atoms with Crippen LogP contribution in [0.1, 0.15) is 18.4 Å². The molecule has 7 heteroatoms. The molecule has 1 atom stereocenters. The highest BCUT2D eigenvalue weighted by atomic mass is 16.5. The summed E-state index contributed by atoms with van der Waals surface area (Å²) in [6.07, 6.45) is 5.33. The van der Waals surface area contributed by atoms with Crippen molar-refractivity contribution >= 4 is 11.7 Å². The van der Waals surface area contributed by atoms with Gasteiger partial charge in [0.05, 0.1) is 18.7 Å². The highest BCUT2D eigenvalue weighted by molar-refractivity contribution is 5.79. The molecule has 1 amide bonds. The summed E-state index contributed by atoms with van der Waals surface area (Å²) >= 11 is 0. The van der Waals surface area contributed by atoms with Crippen molar-refractivity contribution in [3.63, 3.8) is 0 Å². The summed E-state index contributed by atoms with van der Waals surface area (Å²) in [6, 6.07) is 15.5. The fraction of sp³-hybridized carbons (Fsp3) is 0.304. The number of nitrogens with one attached hydrogen (secondary N) is 1. The van der Waals surface area contributed by atoms with E-state index in [1.165, 1.54) is 0 Å². The zero-order chi connectivity index (χ0) is 20.8. The van der Waals surface area contributed by atoms with Crippen LogP contribution in [-0.4, -0.2) is 41.3 Å². The van der Waals surface area contributed by atoms with Crippen molar-refractivity contribution in [3.05, 3.63) is 66.5 Å². The van der Waals surface area contributed by atoms with Crippen LogP contribution in [0.2, 0.25) is 0 Å². The van der Waals surface area contributed by atoms with E-state index in [0.717, 1.165) is 47.8 Å². The number of hydrogen-bond donors (Lipinski definition) is 1. The summed E-state index contributed by atoms with van der Waals surface area (Å²) in [5.41, 5.74) is 2.80. The van der Waals surface area contributed by atoms with Gasteiger partial charge in [0.25, 0.3) is 0 Å². The number of anilines is 1. The Hall–Kier alpha value is -3.48. The van der Waals surface area contributed by atoms with Crippen molar-refractivity contribution in [2.45, 2.75) is 19.4 Å². The van der Waals surface area contributed by atoms with E-state index in [4.69, 9.17) is 4.74 Å². The molecule has 1 unspecified atom stereocenters. The van der Waals surface area contributed by atoms with E-state index < -0.39 is 0 Å². The second-order valence-electron chi connectivity index (χ2n) is 7.37. The molecule has 3 heterocycles. The van der Waals surface area contributed by atoms with Gasteiger partial charge in [-0.15, -0.1) is 10.2 Å². The fourth-order valence-corrected chi connectivity index (χ4v) is 3.65. The first-order chi connectivity index (χ1) is 14.7. The maximum absolute atomic E-state index is 12.6. The van der Waals surface area contributed by atoms with Crippen LogP contribution in [0.25, 0.3) is 11.3 Å². The number of carbonyl (C=O) groups excluding carboxylic acids is 1.